The van der Waals surface area contributed by atoms with Crippen molar-refractivity contribution in [2.75, 3.05) is 0 Å². The highest BCUT2D eigenvalue weighted by Crippen LogP contribution is 2.31. The zero-order valence-corrected chi connectivity index (χ0v) is 14.3. The molecule has 20 heavy (non-hydrogen) atoms. The van der Waals surface area contributed by atoms with E-state index in [4.69, 9.17) is 10.5 Å². The van der Waals surface area contributed by atoms with Gasteiger partial charge in [0.15, 0.2) is 0 Å². The zero-order chi connectivity index (χ0) is 14.5. The van der Waals surface area contributed by atoms with Crippen LogP contribution in [0.25, 0.3) is 0 Å². The predicted octanol–water partition coefficient (Wildman–Crippen LogP) is 4.68. The highest BCUT2D eigenvalue weighted by Gasteiger charge is 2.06. The van der Waals surface area contributed by atoms with E-state index >= 15 is 0 Å². The number of hydrogen-bond donors (Lipinski definition) is 1. The van der Waals surface area contributed by atoms with Gasteiger partial charge in [-0.1, -0.05) is 28.9 Å². The van der Waals surface area contributed by atoms with E-state index < -0.39 is 0 Å². The van der Waals surface area contributed by atoms with Crippen LogP contribution >= 0.6 is 31.9 Å². The van der Waals surface area contributed by atoms with Crippen molar-refractivity contribution in [1.29, 1.82) is 0 Å². The molecular formula is C15H16Br2N2O. The van der Waals surface area contributed by atoms with E-state index in [0.29, 0.717) is 5.88 Å². The number of ether oxygens (including phenoxy) is 1. The number of nitrogens with two attached hydrogens (primary N) is 1. The van der Waals surface area contributed by atoms with E-state index in [9.17, 15) is 0 Å². The Morgan fingerprint density at radius 2 is 2.05 bits per heavy atom. The lowest BCUT2D eigenvalue weighted by Crippen LogP contribution is -2.21. The molecule has 5 heteroatoms. The van der Waals surface area contributed by atoms with Crippen molar-refractivity contribution in [1.82, 2.24) is 4.98 Å². The summed E-state index contributed by atoms with van der Waals surface area (Å²) >= 11 is 6.87. The second-order valence-electron chi connectivity index (χ2n) is 4.55. The fourth-order valence-corrected chi connectivity index (χ4v) is 2.84. The minimum atomic E-state index is 0.184. The monoisotopic (exact) mass is 398 g/mol. The lowest BCUT2D eigenvalue weighted by Gasteiger charge is -2.10. The van der Waals surface area contributed by atoms with Crippen LogP contribution in [0.5, 0.6) is 11.6 Å². The van der Waals surface area contributed by atoms with Crippen molar-refractivity contribution in [3.63, 3.8) is 0 Å². The summed E-state index contributed by atoms with van der Waals surface area (Å²) in [6.45, 7) is 2.08. The summed E-state index contributed by atoms with van der Waals surface area (Å²) in [5, 5.41) is 0. The minimum Gasteiger partial charge on any atom is -0.438 e. The second kappa shape index (κ2) is 7.20. The van der Waals surface area contributed by atoms with Gasteiger partial charge >= 0.3 is 0 Å². The van der Waals surface area contributed by atoms with Crippen molar-refractivity contribution in [2.45, 2.75) is 25.8 Å². The molecule has 1 aromatic carbocycles. The number of rotatable bonds is 5. The van der Waals surface area contributed by atoms with Crippen LogP contribution in [0.2, 0.25) is 0 Å². The van der Waals surface area contributed by atoms with E-state index in [1.54, 1.807) is 0 Å². The summed E-state index contributed by atoms with van der Waals surface area (Å²) in [6, 6.07) is 9.80. The van der Waals surface area contributed by atoms with Crippen molar-refractivity contribution >= 4 is 31.9 Å². The number of hydrogen-bond acceptors (Lipinski definition) is 3. The van der Waals surface area contributed by atoms with Gasteiger partial charge in [-0.3, -0.25) is 0 Å². The summed E-state index contributed by atoms with van der Waals surface area (Å²) in [6.07, 6.45) is 3.62. The molecule has 0 spiro atoms. The van der Waals surface area contributed by atoms with Gasteiger partial charge in [-0.05, 0) is 52.5 Å². The van der Waals surface area contributed by atoms with Gasteiger partial charge in [-0.25, -0.2) is 4.98 Å². The largest absolute Gasteiger partial charge is 0.438 e. The molecule has 2 rings (SSSR count). The number of benzene rings is 1. The first-order valence-corrected chi connectivity index (χ1v) is 8.00. The molecule has 1 heterocycles. The van der Waals surface area contributed by atoms with Gasteiger partial charge in [0.25, 0.3) is 0 Å². The molecule has 3 nitrogen and oxygen atoms in total. The highest BCUT2D eigenvalue weighted by molar-refractivity contribution is 9.11. The Labute approximate surface area is 135 Å². The summed E-state index contributed by atoms with van der Waals surface area (Å²) < 4.78 is 7.61. The van der Waals surface area contributed by atoms with Gasteiger partial charge in [0.2, 0.25) is 5.88 Å². The third kappa shape index (κ3) is 4.30. The molecule has 0 aliphatic rings. The molecule has 1 unspecified atom stereocenters. The second-order valence-corrected chi connectivity index (χ2v) is 6.32. The molecule has 0 radical (unpaired) electrons. The van der Waals surface area contributed by atoms with Gasteiger partial charge in [-0.15, -0.1) is 0 Å². The van der Waals surface area contributed by atoms with Crippen LogP contribution in [-0.2, 0) is 6.42 Å². The molecule has 1 atom stereocenters. The Balaban J connectivity index is 2.07. The molecule has 0 fully saturated rings. The van der Waals surface area contributed by atoms with E-state index in [2.05, 4.69) is 43.8 Å². The number of halogens is 2. The first-order chi connectivity index (χ1) is 9.58. The Kier molecular flexibility index (Phi) is 5.57. The standard InChI is InChI=1S/C15H16Br2N2O/c1-2-12(18)7-10-3-6-15(19-9-10)20-14-5-4-11(16)8-13(14)17/h3-6,8-9,12H,2,7,18H2,1H3. The molecular weight excluding hydrogens is 384 g/mol. The normalized spacial score (nSPS) is 12.2. The van der Waals surface area contributed by atoms with Gasteiger partial charge in [0.05, 0.1) is 4.47 Å². The van der Waals surface area contributed by atoms with Gasteiger partial charge in [0.1, 0.15) is 5.75 Å². The lowest BCUT2D eigenvalue weighted by atomic mass is 10.1. The van der Waals surface area contributed by atoms with Crippen molar-refractivity contribution in [3.8, 4) is 11.6 Å². The van der Waals surface area contributed by atoms with E-state index in [-0.39, 0.29) is 6.04 Å². The van der Waals surface area contributed by atoms with Crippen LogP contribution in [-0.4, -0.2) is 11.0 Å². The van der Waals surface area contributed by atoms with Crippen LogP contribution in [0.15, 0.2) is 45.5 Å². The van der Waals surface area contributed by atoms with Crippen molar-refractivity contribution in [3.05, 3.63) is 51.0 Å². The SMILES string of the molecule is CCC(N)Cc1ccc(Oc2ccc(Br)cc2Br)nc1. The Bertz CT molecular complexity index is 573. The van der Waals surface area contributed by atoms with Crippen molar-refractivity contribution < 1.29 is 4.74 Å². The maximum Gasteiger partial charge on any atom is 0.219 e. The molecule has 0 saturated heterocycles. The Morgan fingerprint density at radius 1 is 1.25 bits per heavy atom. The molecule has 2 N–H and O–H groups in total. The Hall–Kier alpha value is -0.910. The fraction of sp³-hybridized carbons (Fsp3) is 0.267. The average molecular weight is 400 g/mol. The topological polar surface area (TPSA) is 48.1 Å². The minimum absolute atomic E-state index is 0.184. The van der Waals surface area contributed by atoms with Crippen LogP contribution in [0.3, 0.4) is 0 Å². The maximum atomic E-state index is 5.93. The Morgan fingerprint density at radius 3 is 2.65 bits per heavy atom. The number of aromatic nitrogens is 1. The molecule has 106 valence electrons. The van der Waals surface area contributed by atoms with Gasteiger partial charge in [0, 0.05) is 22.8 Å². The van der Waals surface area contributed by atoms with Crippen LogP contribution in [0.4, 0.5) is 0 Å². The molecule has 1 aromatic heterocycles. The van der Waals surface area contributed by atoms with Crippen molar-refractivity contribution in [2.24, 2.45) is 5.73 Å². The summed E-state index contributed by atoms with van der Waals surface area (Å²) in [5.74, 6) is 1.31. The first-order valence-electron chi connectivity index (χ1n) is 6.42. The van der Waals surface area contributed by atoms with Gasteiger partial charge < -0.3 is 10.5 Å². The number of pyridine rings is 1. The van der Waals surface area contributed by atoms with Crippen LogP contribution < -0.4 is 10.5 Å². The molecule has 0 aliphatic carbocycles. The lowest BCUT2D eigenvalue weighted by molar-refractivity contribution is 0.459. The summed E-state index contributed by atoms with van der Waals surface area (Å²) in [5.41, 5.74) is 7.06. The smallest absolute Gasteiger partial charge is 0.219 e. The maximum absolute atomic E-state index is 5.93. The first kappa shape index (κ1) is 15.5. The van der Waals surface area contributed by atoms with E-state index in [1.165, 1.54) is 0 Å². The average Bonchev–Trinajstić information content (AvgIpc) is 2.44. The third-order valence-electron chi connectivity index (χ3n) is 2.93. The predicted molar refractivity (Wildman–Crippen MR) is 88.1 cm³/mol. The quantitative estimate of drug-likeness (QED) is 0.793. The van der Waals surface area contributed by atoms with E-state index in [0.717, 1.165) is 33.1 Å². The number of nitrogens with zero attached hydrogens (tertiary/aromatic N) is 1. The fourth-order valence-electron chi connectivity index (χ4n) is 1.71. The summed E-state index contributed by atoms with van der Waals surface area (Å²) in [4.78, 5) is 4.31. The van der Waals surface area contributed by atoms with E-state index in [1.807, 2.05) is 36.5 Å². The zero-order valence-electron chi connectivity index (χ0n) is 11.1. The molecule has 0 amide bonds. The van der Waals surface area contributed by atoms with Gasteiger partial charge in [-0.2, -0.15) is 0 Å². The third-order valence-corrected chi connectivity index (χ3v) is 4.04. The molecule has 0 bridgehead atoms. The molecule has 0 saturated carbocycles. The highest BCUT2D eigenvalue weighted by atomic mass is 79.9. The van der Waals surface area contributed by atoms with Crippen LogP contribution in [0.1, 0.15) is 18.9 Å². The van der Waals surface area contributed by atoms with Crippen LogP contribution in [0, 0.1) is 0 Å². The molecule has 2 aromatic rings. The molecule has 0 aliphatic heterocycles. The summed E-state index contributed by atoms with van der Waals surface area (Å²) in [7, 11) is 0.